The van der Waals surface area contributed by atoms with Gasteiger partial charge in [0.25, 0.3) is 5.91 Å². The van der Waals surface area contributed by atoms with Crippen LogP contribution in [-0.2, 0) is 20.7 Å². The number of anilines is 1. The highest BCUT2D eigenvalue weighted by Gasteiger charge is 2.17. The van der Waals surface area contributed by atoms with Crippen LogP contribution in [-0.4, -0.2) is 41.8 Å². The number of carbonyl (C=O) groups excluding carboxylic acids is 3. The number of aryl methyl sites for hydroxylation is 1. The van der Waals surface area contributed by atoms with Gasteiger partial charge in [-0.2, -0.15) is 5.10 Å². The molecule has 0 saturated carbocycles. The molecule has 2 heterocycles. The summed E-state index contributed by atoms with van der Waals surface area (Å²) in [7, 11) is 2.67. The number of thiophene rings is 1. The number of esters is 2. The molecule has 3 aromatic rings. The number of amides is 1. The van der Waals surface area contributed by atoms with Crippen molar-refractivity contribution in [2.45, 2.75) is 26.7 Å². The van der Waals surface area contributed by atoms with Gasteiger partial charge in [-0.25, -0.2) is 9.48 Å². The molecule has 0 spiro atoms. The summed E-state index contributed by atoms with van der Waals surface area (Å²) in [4.78, 5) is 36.2. The van der Waals surface area contributed by atoms with Crippen LogP contribution in [0.2, 0.25) is 0 Å². The van der Waals surface area contributed by atoms with Gasteiger partial charge >= 0.3 is 11.9 Å². The summed E-state index contributed by atoms with van der Waals surface area (Å²) in [5.41, 5.74) is 4.43. The summed E-state index contributed by atoms with van der Waals surface area (Å²) in [5, 5.41) is 9.03. The van der Waals surface area contributed by atoms with E-state index in [1.165, 1.54) is 25.6 Å². The average molecular weight is 442 g/mol. The Morgan fingerprint density at radius 1 is 1.06 bits per heavy atom. The monoisotopic (exact) mass is 441 g/mol. The fraction of sp³-hybridized carbons (Fsp3) is 0.273. The second kappa shape index (κ2) is 9.57. The second-order valence-corrected chi connectivity index (χ2v) is 7.71. The lowest BCUT2D eigenvalue weighted by Crippen LogP contribution is -2.14. The summed E-state index contributed by atoms with van der Waals surface area (Å²) >= 11 is 1.20. The van der Waals surface area contributed by atoms with Crippen LogP contribution in [0.5, 0.6) is 0 Å². The van der Waals surface area contributed by atoms with E-state index in [1.54, 1.807) is 40.4 Å². The predicted molar refractivity (Wildman–Crippen MR) is 117 cm³/mol. The van der Waals surface area contributed by atoms with Crippen molar-refractivity contribution < 1.29 is 23.9 Å². The molecule has 0 unspecified atom stereocenters. The van der Waals surface area contributed by atoms with E-state index in [0.29, 0.717) is 29.0 Å². The Hall–Kier alpha value is -3.46. The molecule has 0 saturated heterocycles. The molecular formula is C22H23N3O5S. The Balaban J connectivity index is 1.76. The minimum Gasteiger partial charge on any atom is -0.469 e. The van der Waals surface area contributed by atoms with E-state index < -0.39 is 5.97 Å². The largest absolute Gasteiger partial charge is 0.469 e. The first-order valence-electron chi connectivity index (χ1n) is 9.55. The van der Waals surface area contributed by atoms with E-state index in [2.05, 4.69) is 10.4 Å². The summed E-state index contributed by atoms with van der Waals surface area (Å²) in [5.74, 6) is -1.08. The lowest BCUT2D eigenvalue weighted by Gasteiger charge is -2.08. The van der Waals surface area contributed by atoms with Crippen LogP contribution in [0, 0.1) is 13.8 Å². The van der Waals surface area contributed by atoms with Gasteiger partial charge in [0, 0.05) is 17.7 Å². The van der Waals surface area contributed by atoms with E-state index in [4.69, 9.17) is 9.47 Å². The van der Waals surface area contributed by atoms with Crippen molar-refractivity contribution in [1.82, 2.24) is 9.78 Å². The van der Waals surface area contributed by atoms with Crippen LogP contribution in [0.4, 0.5) is 5.69 Å². The maximum absolute atomic E-state index is 12.6. The van der Waals surface area contributed by atoms with Crippen molar-refractivity contribution >= 4 is 34.9 Å². The number of carbonyl (C=O) groups is 3. The number of nitrogens with one attached hydrogen (secondary N) is 1. The highest BCUT2D eigenvalue weighted by molar-refractivity contribution is 7.12. The van der Waals surface area contributed by atoms with Crippen molar-refractivity contribution in [3.63, 3.8) is 0 Å². The second-order valence-electron chi connectivity index (χ2n) is 6.79. The number of hydrogen-bond donors (Lipinski definition) is 1. The third-order valence-corrected chi connectivity index (χ3v) is 5.80. The standard InChI is InChI=1S/C22H23N3O5S/c1-13-17(9-10-19(26)29-3)14(2)25(24-13)16-7-5-15(6-8-16)21(27)23-18-11-12-31-20(18)22(28)30-4/h5-8,11-12H,9-10H2,1-4H3,(H,23,27). The van der Waals surface area contributed by atoms with E-state index >= 15 is 0 Å². The van der Waals surface area contributed by atoms with Gasteiger partial charge in [-0.15, -0.1) is 11.3 Å². The Bertz CT molecular complexity index is 1110. The number of ether oxygens (including phenoxy) is 2. The molecule has 0 atom stereocenters. The minimum absolute atomic E-state index is 0.261. The summed E-state index contributed by atoms with van der Waals surface area (Å²) in [6.45, 7) is 3.84. The average Bonchev–Trinajstić information content (AvgIpc) is 3.35. The van der Waals surface area contributed by atoms with Crippen LogP contribution >= 0.6 is 11.3 Å². The quantitative estimate of drug-likeness (QED) is 0.562. The topological polar surface area (TPSA) is 99.5 Å². The highest BCUT2D eigenvalue weighted by atomic mass is 32.1. The highest BCUT2D eigenvalue weighted by Crippen LogP contribution is 2.24. The molecule has 31 heavy (non-hydrogen) atoms. The fourth-order valence-corrected chi connectivity index (χ4v) is 3.99. The molecular weight excluding hydrogens is 418 g/mol. The van der Waals surface area contributed by atoms with Crippen LogP contribution in [0.3, 0.4) is 0 Å². The van der Waals surface area contributed by atoms with Crippen molar-refractivity contribution in [3.05, 3.63) is 63.1 Å². The molecule has 1 aromatic carbocycles. The number of nitrogens with zero attached hydrogens (tertiary/aromatic N) is 2. The SMILES string of the molecule is COC(=O)CCc1c(C)nn(-c2ccc(C(=O)Nc3ccsc3C(=O)OC)cc2)c1C. The third-order valence-electron chi connectivity index (χ3n) is 4.91. The smallest absolute Gasteiger partial charge is 0.350 e. The van der Waals surface area contributed by atoms with E-state index in [-0.39, 0.29) is 11.9 Å². The number of benzene rings is 1. The number of methoxy groups -OCH3 is 2. The molecule has 2 aromatic heterocycles. The molecule has 0 aliphatic carbocycles. The van der Waals surface area contributed by atoms with Crippen LogP contribution in [0.1, 0.15) is 43.4 Å². The van der Waals surface area contributed by atoms with Crippen molar-refractivity contribution in [2.24, 2.45) is 0 Å². The zero-order valence-electron chi connectivity index (χ0n) is 17.7. The maximum atomic E-state index is 12.6. The normalized spacial score (nSPS) is 10.6. The Morgan fingerprint density at radius 3 is 2.42 bits per heavy atom. The van der Waals surface area contributed by atoms with Gasteiger partial charge in [-0.3, -0.25) is 9.59 Å². The molecule has 0 aliphatic heterocycles. The predicted octanol–water partition coefficient (Wildman–Crippen LogP) is 3.70. The molecule has 8 nitrogen and oxygen atoms in total. The third kappa shape index (κ3) is 4.83. The fourth-order valence-electron chi connectivity index (χ4n) is 3.22. The maximum Gasteiger partial charge on any atom is 0.350 e. The van der Waals surface area contributed by atoms with Gasteiger partial charge in [0.05, 0.1) is 31.3 Å². The zero-order valence-corrected chi connectivity index (χ0v) is 18.5. The van der Waals surface area contributed by atoms with Crippen LogP contribution < -0.4 is 5.32 Å². The lowest BCUT2D eigenvalue weighted by molar-refractivity contribution is -0.140. The number of rotatable bonds is 7. The van der Waals surface area contributed by atoms with Crippen LogP contribution in [0.15, 0.2) is 35.7 Å². The first kappa shape index (κ1) is 22.2. The molecule has 1 N–H and O–H groups in total. The zero-order chi connectivity index (χ0) is 22.5. The van der Waals surface area contributed by atoms with Crippen LogP contribution in [0.25, 0.3) is 5.69 Å². The van der Waals surface area contributed by atoms with Crippen molar-refractivity contribution in [2.75, 3.05) is 19.5 Å². The molecule has 0 aliphatic rings. The van der Waals surface area contributed by atoms with Crippen molar-refractivity contribution in [3.8, 4) is 5.69 Å². The summed E-state index contributed by atoms with van der Waals surface area (Å²) < 4.78 is 11.2. The van der Waals surface area contributed by atoms with Gasteiger partial charge in [0.1, 0.15) is 4.88 Å². The Labute approximate surface area is 183 Å². The van der Waals surface area contributed by atoms with Crippen molar-refractivity contribution in [1.29, 1.82) is 0 Å². The molecule has 9 heteroatoms. The van der Waals surface area contributed by atoms with Gasteiger partial charge < -0.3 is 14.8 Å². The van der Waals surface area contributed by atoms with E-state index in [0.717, 1.165) is 22.6 Å². The molecule has 162 valence electrons. The summed E-state index contributed by atoms with van der Waals surface area (Å²) in [6, 6.07) is 8.65. The Morgan fingerprint density at radius 2 is 1.77 bits per heavy atom. The Kier molecular flexibility index (Phi) is 6.86. The van der Waals surface area contributed by atoms with Gasteiger partial charge in [0.15, 0.2) is 0 Å². The minimum atomic E-state index is -0.492. The number of hydrogen-bond acceptors (Lipinski definition) is 7. The summed E-state index contributed by atoms with van der Waals surface area (Å²) in [6.07, 6.45) is 0.840. The lowest BCUT2D eigenvalue weighted by atomic mass is 10.1. The molecule has 0 radical (unpaired) electrons. The number of aromatic nitrogens is 2. The first-order chi connectivity index (χ1) is 14.8. The van der Waals surface area contributed by atoms with Gasteiger partial charge in [0.2, 0.25) is 0 Å². The molecule has 0 fully saturated rings. The molecule has 1 amide bonds. The molecule has 0 bridgehead atoms. The van der Waals surface area contributed by atoms with Gasteiger partial charge in [-0.05, 0) is 61.5 Å². The van der Waals surface area contributed by atoms with E-state index in [9.17, 15) is 14.4 Å². The van der Waals surface area contributed by atoms with Gasteiger partial charge in [-0.1, -0.05) is 0 Å². The first-order valence-corrected chi connectivity index (χ1v) is 10.4. The van der Waals surface area contributed by atoms with E-state index in [1.807, 2.05) is 13.8 Å². The molecule has 3 rings (SSSR count).